The van der Waals surface area contributed by atoms with Crippen LogP contribution in [0.1, 0.15) is 57.4 Å². The number of esters is 2. The van der Waals surface area contributed by atoms with Crippen molar-refractivity contribution >= 4 is 41.1 Å². The molecule has 0 radical (unpaired) electrons. The van der Waals surface area contributed by atoms with Crippen LogP contribution in [-0.2, 0) is 24.8 Å². The van der Waals surface area contributed by atoms with Gasteiger partial charge >= 0.3 is 11.9 Å². The van der Waals surface area contributed by atoms with Gasteiger partial charge in [0.1, 0.15) is 65.9 Å². The van der Waals surface area contributed by atoms with Crippen LogP contribution in [0.4, 0.5) is 5.82 Å². The first-order valence-corrected chi connectivity index (χ1v) is 18.2. The second-order valence-electron chi connectivity index (χ2n) is 13.1. The number of carbonyl (C=O) groups is 2. The van der Waals surface area contributed by atoms with Crippen molar-refractivity contribution in [2.45, 2.75) is 69.5 Å². The van der Waals surface area contributed by atoms with E-state index in [2.05, 4.69) is 22.1 Å². The van der Waals surface area contributed by atoms with Gasteiger partial charge < -0.3 is 35.8 Å². The molecule has 0 aliphatic heterocycles. The number of ether oxygens (including phenoxy) is 3. The number of anilines is 1. The molecule has 53 heavy (non-hydrogen) atoms. The predicted molar refractivity (Wildman–Crippen MR) is 201 cm³/mol. The maximum absolute atomic E-state index is 12.7. The number of oxazole rings is 1. The third-order valence-corrected chi connectivity index (χ3v) is 9.01. The molecular formula is C38H42ClN7O6S. The molecule has 3 atom stereocenters. The Hall–Kier alpha value is -5.12. The normalized spacial score (nSPS) is 12.8. The molecule has 4 rings (SSSR count). The van der Waals surface area contributed by atoms with Crippen LogP contribution in [0.2, 0.25) is 5.02 Å². The Balaban J connectivity index is 1.50. The van der Waals surface area contributed by atoms with Crippen LogP contribution in [0, 0.1) is 34.5 Å². The minimum atomic E-state index is -0.975. The zero-order valence-corrected chi connectivity index (χ0v) is 31.4. The second-order valence-corrected chi connectivity index (χ2v) is 14.5. The summed E-state index contributed by atoms with van der Waals surface area (Å²) < 4.78 is 22.5. The van der Waals surface area contributed by atoms with Gasteiger partial charge in [0.05, 0.1) is 11.3 Å². The highest BCUT2D eigenvalue weighted by atomic mass is 35.5. The molecule has 0 saturated carbocycles. The lowest BCUT2D eigenvalue weighted by Gasteiger charge is -2.22. The lowest BCUT2D eigenvalue weighted by Crippen LogP contribution is -2.41. The van der Waals surface area contributed by atoms with Crippen molar-refractivity contribution in [3.8, 4) is 40.5 Å². The molecule has 13 nitrogen and oxygen atoms in total. The highest BCUT2D eigenvalue weighted by molar-refractivity contribution is 7.98. The summed E-state index contributed by atoms with van der Waals surface area (Å²) in [6.45, 7) is 7.31. The Morgan fingerprint density at radius 2 is 1.47 bits per heavy atom. The van der Waals surface area contributed by atoms with Crippen LogP contribution >= 0.6 is 23.4 Å². The molecule has 2 aromatic heterocycles. The first kappa shape index (κ1) is 40.6. The van der Waals surface area contributed by atoms with Gasteiger partial charge in [0.25, 0.3) is 0 Å². The molecule has 0 fully saturated rings. The lowest BCUT2D eigenvalue weighted by molar-refractivity contribution is -0.162. The first-order valence-electron chi connectivity index (χ1n) is 16.9. The number of aromatic nitrogens is 2. The van der Waals surface area contributed by atoms with Crippen molar-refractivity contribution in [3.63, 3.8) is 0 Å². The van der Waals surface area contributed by atoms with E-state index in [1.54, 1.807) is 48.5 Å². The number of nitrogens with zero attached hydrogens (tertiary/aromatic N) is 4. The van der Waals surface area contributed by atoms with Crippen molar-refractivity contribution in [1.29, 1.82) is 10.5 Å². The number of halogens is 1. The molecule has 2 heterocycles. The molecule has 0 aliphatic carbocycles. The summed E-state index contributed by atoms with van der Waals surface area (Å²) in [7, 11) is 0. The zero-order chi connectivity index (χ0) is 38.7. The average Bonchev–Trinajstić information content (AvgIpc) is 3.60. The molecule has 278 valence electrons. The fraction of sp³-hybridized carbons (Fsp3) is 0.368. The van der Waals surface area contributed by atoms with E-state index in [4.69, 9.17) is 47.4 Å². The summed E-state index contributed by atoms with van der Waals surface area (Å²) >= 11 is 7.22. The second kappa shape index (κ2) is 19.1. The van der Waals surface area contributed by atoms with E-state index in [9.17, 15) is 20.1 Å². The summed E-state index contributed by atoms with van der Waals surface area (Å²) in [6.07, 6.45) is 1.39. The number of hydrogen-bond acceptors (Lipinski definition) is 14. The van der Waals surface area contributed by atoms with Gasteiger partial charge in [-0.1, -0.05) is 63.2 Å². The van der Waals surface area contributed by atoms with E-state index in [0.29, 0.717) is 57.1 Å². The van der Waals surface area contributed by atoms with Gasteiger partial charge in [-0.15, -0.1) is 0 Å². The van der Waals surface area contributed by atoms with Gasteiger partial charge in [-0.2, -0.15) is 10.5 Å². The van der Waals surface area contributed by atoms with Gasteiger partial charge in [-0.3, -0.25) is 9.59 Å². The Morgan fingerprint density at radius 3 is 2.08 bits per heavy atom. The number of thioether (sulfide) groups is 1. The van der Waals surface area contributed by atoms with Crippen molar-refractivity contribution in [3.05, 3.63) is 76.6 Å². The van der Waals surface area contributed by atoms with Crippen LogP contribution in [0.5, 0.6) is 5.75 Å². The maximum Gasteiger partial charge on any atom is 0.323 e. The van der Waals surface area contributed by atoms with Crippen LogP contribution in [-0.4, -0.2) is 53.3 Å². The zero-order valence-electron chi connectivity index (χ0n) is 29.9. The van der Waals surface area contributed by atoms with Gasteiger partial charge in [-0.25, -0.2) is 9.97 Å². The molecule has 0 amide bonds. The van der Waals surface area contributed by atoms with Crippen molar-refractivity contribution in [2.75, 3.05) is 18.9 Å². The number of hydrogen-bond donors (Lipinski definition) is 3. The van der Waals surface area contributed by atoms with Gasteiger partial charge in [0, 0.05) is 21.9 Å². The smallest absolute Gasteiger partial charge is 0.323 e. The van der Waals surface area contributed by atoms with E-state index in [-0.39, 0.29) is 42.0 Å². The number of nitriles is 2. The van der Waals surface area contributed by atoms with Crippen molar-refractivity contribution in [1.82, 2.24) is 9.97 Å². The summed E-state index contributed by atoms with van der Waals surface area (Å²) in [5.41, 5.74) is 20.6. The maximum atomic E-state index is 12.7. The van der Waals surface area contributed by atoms with Crippen molar-refractivity contribution < 1.29 is 28.2 Å². The molecule has 2 aromatic carbocycles. The van der Waals surface area contributed by atoms with Crippen LogP contribution in [0.25, 0.3) is 22.6 Å². The molecule has 0 spiro atoms. The van der Waals surface area contributed by atoms with Crippen LogP contribution in [0.3, 0.4) is 0 Å². The molecule has 6 N–H and O–H groups in total. The molecular weight excluding hydrogens is 718 g/mol. The van der Waals surface area contributed by atoms with E-state index in [1.165, 1.54) is 18.0 Å². The number of pyridine rings is 1. The number of nitrogens with two attached hydrogens (primary N) is 3. The summed E-state index contributed by atoms with van der Waals surface area (Å²) in [4.78, 5) is 34.1. The quantitative estimate of drug-likeness (QED) is 0.0798. The topological polar surface area (TPSA) is 226 Å². The monoisotopic (exact) mass is 759 g/mol. The van der Waals surface area contributed by atoms with Gasteiger partial charge in [0.15, 0.2) is 6.10 Å². The largest absolute Gasteiger partial charge is 0.490 e. The molecule has 0 bridgehead atoms. The summed E-state index contributed by atoms with van der Waals surface area (Å²) in [5.74, 6) is 0.150. The Bertz CT molecular complexity index is 1960. The predicted octanol–water partition coefficient (Wildman–Crippen LogP) is 6.26. The molecule has 15 heteroatoms. The average molecular weight is 760 g/mol. The first-order chi connectivity index (χ1) is 25.3. The van der Waals surface area contributed by atoms with E-state index >= 15 is 0 Å². The Kier molecular flexibility index (Phi) is 14.6. The number of benzene rings is 2. The van der Waals surface area contributed by atoms with Gasteiger partial charge in [-0.05, 0) is 66.6 Å². The highest BCUT2D eigenvalue weighted by Gasteiger charge is 2.26. The van der Waals surface area contributed by atoms with Gasteiger partial charge in [0.2, 0.25) is 5.89 Å². The minimum Gasteiger partial charge on any atom is -0.490 e. The third kappa shape index (κ3) is 11.4. The van der Waals surface area contributed by atoms with Crippen molar-refractivity contribution in [2.24, 2.45) is 23.3 Å². The van der Waals surface area contributed by atoms with Crippen LogP contribution < -0.4 is 21.9 Å². The number of nitrogen functional groups attached to an aromatic ring is 1. The fourth-order valence-corrected chi connectivity index (χ4v) is 6.20. The molecule has 3 unspecified atom stereocenters. The van der Waals surface area contributed by atoms with E-state index in [1.807, 2.05) is 27.7 Å². The fourth-order valence-electron chi connectivity index (χ4n) is 5.20. The highest BCUT2D eigenvalue weighted by Crippen LogP contribution is 2.37. The standard InChI is InChI=1S/C38H42ClN7O6S/c1-21(2)13-31(42)37(47)51-19-28(52-38(48)32(43)14-22(3)4)18-49-27-11-7-23(8-12-27)33-29(15-40)34(44)46-36(30(33)16-41)53-20-26-17-50-35(45-26)24-5-9-25(39)10-6-24/h5-12,17,21-22,28,31-32H,13-14,18-20,42-43H2,1-4H3,(H2,44,46). The lowest BCUT2D eigenvalue weighted by atomic mass is 9.97. The van der Waals surface area contributed by atoms with E-state index in [0.717, 1.165) is 5.56 Å². The SMILES string of the molecule is CC(C)CC(N)C(=O)OCC(COc1ccc(-c2c(C#N)c(N)nc(SCc3coc(-c4ccc(Cl)cc4)n3)c2C#N)cc1)OC(=O)C(N)CC(C)C. The summed E-state index contributed by atoms with van der Waals surface area (Å²) in [5, 5.41) is 21.2. The number of carbonyl (C=O) groups excluding carboxylic acids is 2. The minimum absolute atomic E-state index is 0.0330. The third-order valence-electron chi connectivity index (χ3n) is 7.74. The number of rotatable bonds is 17. The molecule has 0 aliphatic rings. The van der Waals surface area contributed by atoms with Crippen LogP contribution in [0.15, 0.2) is 64.2 Å². The summed E-state index contributed by atoms with van der Waals surface area (Å²) in [6, 6.07) is 16.2. The molecule has 0 saturated heterocycles. The Morgan fingerprint density at radius 1 is 0.868 bits per heavy atom. The molecule has 4 aromatic rings. The Labute approximate surface area is 317 Å². The van der Waals surface area contributed by atoms with E-state index < -0.39 is 30.1 Å².